The normalized spacial score (nSPS) is 48.3. The summed E-state index contributed by atoms with van der Waals surface area (Å²) < 4.78 is 88.6. The maximum absolute atomic E-state index is 12.9. The van der Waals surface area contributed by atoms with Crippen molar-refractivity contribution in [2.24, 2.45) is 0 Å². The smallest absolute Gasteiger partial charge is 0.217 e. The minimum Gasteiger partial charge on any atom is -0.394 e. The summed E-state index contributed by atoms with van der Waals surface area (Å²) in [5, 5.41) is 252. The summed E-state index contributed by atoms with van der Waals surface area (Å²) in [5.41, 5.74) is 0. The van der Waals surface area contributed by atoms with Crippen LogP contribution in [0.4, 0.5) is 0 Å². The molecule has 0 aliphatic carbocycles. The van der Waals surface area contributed by atoms with Crippen LogP contribution in [0.3, 0.4) is 0 Å². The summed E-state index contributed by atoms with van der Waals surface area (Å²) >= 11 is 0. The number of rotatable bonds is 26. The Morgan fingerprint density at radius 3 is 0.970 bits per heavy atom. The minimum absolute atomic E-state index is 0.770. The summed E-state index contributed by atoms with van der Waals surface area (Å²) in [6, 6.07) is -7.14. The van der Waals surface area contributed by atoms with Crippen LogP contribution in [0, 0.1) is 0 Å². The van der Waals surface area contributed by atoms with Gasteiger partial charge in [-0.05, 0) is 0 Å². The second kappa shape index (κ2) is 36.3. The molecule has 0 spiro atoms. The van der Waals surface area contributed by atoms with E-state index in [0.29, 0.717) is 0 Å². The Morgan fingerprint density at radius 2 is 0.545 bits per heavy atom. The van der Waals surface area contributed by atoms with Crippen LogP contribution in [0.15, 0.2) is 0 Å². The number of carbonyl (C=O) groups is 4. The van der Waals surface area contributed by atoms with Crippen molar-refractivity contribution < 1.29 is 203 Å². The molecule has 8 heterocycles. The SMILES string of the molecule is CC(=O)N[C@@H]1[C@@H](O)[C@H](O[C@@H]2O[C@H](CO)[C@@H](O[C@@H]3O[C@H](CO[C@H]4O[C@H](CO)[C@@H](O)[C@H](O)[C@@H]4O[C@@H]4O[C@H](CO)[C@@H](O)[C@H](O)[C@H]4NC(C)=O)[C@@H](O)[C@H](O[C@H]4O[C@H](CO)[C@@H](O)[C@H](O)[C@@H]4O[C@@H]4O[C@H](CO)[C@@H](O[C@@H]5O[C@H](CO)[C@H](O)[C@H](O)[C@H]5O)[C@H](O)[C@H]4NC(C)=O)[C@@H]3O)[C@H](O)[C@H]2NC(C)=O)[C@@H](CO)O[C@H]1O. The number of aliphatic hydroxyl groups is 22. The maximum Gasteiger partial charge on any atom is 0.217 e. The van der Waals surface area contributed by atoms with Gasteiger partial charge in [0.15, 0.2) is 50.3 Å². The van der Waals surface area contributed by atoms with E-state index in [4.69, 9.17) is 71.1 Å². The lowest BCUT2D eigenvalue weighted by atomic mass is 9.93. The predicted molar refractivity (Wildman–Crippen MR) is 311 cm³/mol. The lowest BCUT2D eigenvalue weighted by Crippen LogP contribution is -2.71. The molecular weight excluding hydrogens is 1380 g/mol. The van der Waals surface area contributed by atoms with Crippen LogP contribution >= 0.6 is 0 Å². The van der Waals surface area contributed by atoms with E-state index in [9.17, 15) is 132 Å². The van der Waals surface area contributed by atoms with E-state index >= 15 is 0 Å². The van der Waals surface area contributed by atoms with Crippen molar-refractivity contribution in [3.05, 3.63) is 0 Å². The van der Waals surface area contributed by atoms with Gasteiger partial charge in [-0.3, -0.25) is 19.2 Å². The van der Waals surface area contributed by atoms with Crippen molar-refractivity contribution in [2.75, 3.05) is 52.9 Å². The molecule has 0 radical (unpaired) electrons. The van der Waals surface area contributed by atoms with Crippen LogP contribution in [0.2, 0.25) is 0 Å². The third kappa shape index (κ3) is 18.5. The lowest BCUT2D eigenvalue weighted by Gasteiger charge is -2.51. The van der Waals surface area contributed by atoms with Crippen LogP contribution < -0.4 is 21.3 Å². The molecule has 8 aliphatic heterocycles. The zero-order valence-electron chi connectivity index (χ0n) is 54.3. The molecular formula is C56H94N4O41. The van der Waals surface area contributed by atoms with Crippen molar-refractivity contribution in [1.29, 1.82) is 0 Å². The Morgan fingerprint density at radius 1 is 0.257 bits per heavy atom. The molecule has 0 saturated carbocycles. The number of amides is 4. The Labute approximate surface area is 572 Å². The standard InChI is InChI=1S/C56H94N4O41/c1-13(68)57-25-35(78)43(21(9-65)88-49(25)86)96-51-27(59-15(3)70)36(79)45(23(11-67)93-51)98-54-42(85)46(33(76)24(95-54)12-87-55-47(39(82)31(74)19(7-63)91-55)100-50-26(58-14(2)69)34(77)29(72)17(5-61)89-50)99-56-48(40(83)32(75)20(8-64)92-56)101-52-28(60-16(4)71)37(80)44(22(10-66)94-52)97-53-41(84)38(81)30(73)18(6-62)90-53/h17-56,61-67,72-86H,5-12H2,1-4H3,(H,57,68)(H,58,69)(H,59,70)(H,60,71)/t17-,18-,19-,20-,21-,22-,23-,24-,25-,26-,27-,28-,29-,30+,31-,32-,33-,34-,35-,36-,37-,38+,39+,40+,41-,42+,43-,44-,45-,46+,47+,48+,49-,50+,51+,52+,53+,54+,55+,56-/m1/s1. The summed E-state index contributed by atoms with van der Waals surface area (Å²) in [6.45, 7) is -4.55. The highest BCUT2D eigenvalue weighted by molar-refractivity contribution is 5.74. The molecule has 26 N–H and O–H groups in total. The largest absolute Gasteiger partial charge is 0.394 e. The Balaban J connectivity index is 1.14. The van der Waals surface area contributed by atoms with Crippen LogP contribution in [0.5, 0.6) is 0 Å². The molecule has 0 aromatic carbocycles. The molecule has 0 unspecified atom stereocenters. The molecule has 45 nitrogen and oxygen atoms in total. The summed E-state index contributed by atoms with van der Waals surface area (Å²) in [7, 11) is 0. The van der Waals surface area contributed by atoms with Gasteiger partial charge in [0.2, 0.25) is 23.6 Å². The van der Waals surface area contributed by atoms with Gasteiger partial charge >= 0.3 is 0 Å². The van der Waals surface area contributed by atoms with Crippen molar-refractivity contribution in [1.82, 2.24) is 21.3 Å². The molecule has 0 aromatic heterocycles. The van der Waals surface area contributed by atoms with E-state index in [-0.39, 0.29) is 0 Å². The highest BCUT2D eigenvalue weighted by Crippen LogP contribution is 2.39. The average molecular weight is 1480 g/mol. The minimum atomic E-state index is -2.52. The van der Waals surface area contributed by atoms with Crippen molar-refractivity contribution in [3.8, 4) is 0 Å². The number of hydrogen-bond donors (Lipinski definition) is 26. The average Bonchev–Trinajstić information content (AvgIpc) is 0.777. The summed E-state index contributed by atoms with van der Waals surface area (Å²) in [5.74, 6) is -3.45. The van der Waals surface area contributed by atoms with Gasteiger partial charge in [0, 0.05) is 27.7 Å². The van der Waals surface area contributed by atoms with Crippen LogP contribution in [0.1, 0.15) is 27.7 Å². The Kier molecular flexibility index (Phi) is 29.9. The molecule has 8 rings (SSSR count). The van der Waals surface area contributed by atoms with E-state index in [1.54, 1.807) is 0 Å². The monoisotopic (exact) mass is 1480 g/mol. The van der Waals surface area contributed by atoms with Crippen LogP contribution in [-0.2, 0) is 90.2 Å². The van der Waals surface area contributed by atoms with E-state index in [1.807, 2.05) is 0 Å². The molecule has 8 saturated heterocycles. The van der Waals surface area contributed by atoms with Crippen molar-refractivity contribution >= 4 is 23.6 Å². The van der Waals surface area contributed by atoms with Gasteiger partial charge in [-0.25, -0.2) is 0 Å². The van der Waals surface area contributed by atoms with Gasteiger partial charge in [-0.1, -0.05) is 0 Å². The molecule has 45 heteroatoms. The fourth-order valence-electron chi connectivity index (χ4n) is 13.0. The van der Waals surface area contributed by atoms with Gasteiger partial charge in [0.25, 0.3) is 0 Å². The number of aliphatic hydroxyl groups excluding tert-OH is 22. The molecule has 4 amide bonds. The first-order valence-corrected chi connectivity index (χ1v) is 32.1. The summed E-state index contributed by atoms with van der Waals surface area (Å²) in [4.78, 5) is 50.2. The van der Waals surface area contributed by atoms with E-state index in [0.717, 1.165) is 27.7 Å². The fourth-order valence-corrected chi connectivity index (χ4v) is 13.0. The fraction of sp³-hybridized carbons (Fsp3) is 0.929. The first kappa shape index (κ1) is 83.0. The second-order valence-corrected chi connectivity index (χ2v) is 25.4. The molecule has 8 aliphatic rings. The molecule has 101 heavy (non-hydrogen) atoms. The zero-order chi connectivity index (χ0) is 74.5. The molecule has 0 bridgehead atoms. The van der Waals surface area contributed by atoms with Crippen molar-refractivity contribution in [2.45, 2.75) is 273 Å². The second-order valence-electron chi connectivity index (χ2n) is 25.4. The van der Waals surface area contributed by atoms with Crippen LogP contribution in [-0.4, -0.2) is 434 Å². The maximum atomic E-state index is 12.9. The third-order valence-corrected chi connectivity index (χ3v) is 18.3. The van der Waals surface area contributed by atoms with Gasteiger partial charge < -0.3 is 205 Å². The van der Waals surface area contributed by atoms with Crippen molar-refractivity contribution in [3.63, 3.8) is 0 Å². The topological polar surface area (TPSA) is 700 Å². The molecule has 584 valence electrons. The van der Waals surface area contributed by atoms with Gasteiger partial charge in [0.1, 0.15) is 195 Å². The molecule has 40 atom stereocenters. The highest BCUT2D eigenvalue weighted by Gasteiger charge is 2.60. The van der Waals surface area contributed by atoms with Gasteiger partial charge in [-0.15, -0.1) is 0 Å². The first-order chi connectivity index (χ1) is 47.8. The highest BCUT2D eigenvalue weighted by atomic mass is 16.8. The van der Waals surface area contributed by atoms with Crippen LogP contribution in [0.25, 0.3) is 0 Å². The van der Waals surface area contributed by atoms with E-state index in [1.165, 1.54) is 0 Å². The predicted octanol–water partition coefficient (Wildman–Crippen LogP) is -17.9. The summed E-state index contributed by atoms with van der Waals surface area (Å²) in [6.07, 6.45) is -73.5. The Bertz CT molecular complexity index is 2640. The quantitative estimate of drug-likeness (QED) is 0.0382. The number of carbonyl (C=O) groups excluding carboxylic acids is 4. The lowest BCUT2D eigenvalue weighted by molar-refractivity contribution is -0.398. The zero-order valence-corrected chi connectivity index (χ0v) is 54.3. The van der Waals surface area contributed by atoms with E-state index in [2.05, 4.69) is 21.3 Å². The van der Waals surface area contributed by atoms with Gasteiger partial charge in [-0.2, -0.15) is 0 Å². The third-order valence-electron chi connectivity index (χ3n) is 18.3. The van der Waals surface area contributed by atoms with Gasteiger partial charge in [0.05, 0.1) is 52.9 Å². The Hall–Kier alpha value is -3.60. The first-order valence-electron chi connectivity index (χ1n) is 32.1. The molecule has 0 aromatic rings. The number of ether oxygens (including phenoxy) is 15. The number of hydrogen-bond acceptors (Lipinski definition) is 41. The molecule has 8 fully saturated rings. The van der Waals surface area contributed by atoms with E-state index < -0.39 is 322 Å². The number of nitrogens with one attached hydrogen (secondary N) is 4.